The first-order valence-corrected chi connectivity index (χ1v) is 10.4. The zero-order valence-electron chi connectivity index (χ0n) is 17.1. The summed E-state index contributed by atoms with van der Waals surface area (Å²) in [6, 6.07) is 8.24. The zero-order valence-corrected chi connectivity index (χ0v) is 17.1. The molecule has 1 aliphatic carbocycles. The number of carbonyl (C=O) groups excluding carboxylic acids is 2. The smallest absolute Gasteiger partial charge is 0.226 e. The summed E-state index contributed by atoms with van der Waals surface area (Å²) in [5.41, 5.74) is 2.64. The second-order valence-electron chi connectivity index (χ2n) is 8.51. The van der Waals surface area contributed by atoms with Crippen LogP contribution in [0.4, 0.5) is 0 Å². The molecule has 1 saturated carbocycles. The van der Waals surface area contributed by atoms with Gasteiger partial charge in [0.05, 0.1) is 5.41 Å². The lowest BCUT2D eigenvalue weighted by Crippen LogP contribution is -2.51. The molecule has 2 heterocycles. The van der Waals surface area contributed by atoms with Crippen LogP contribution in [0.5, 0.6) is 0 Å². The van der Waals surface area contributed by atoms with E-state index in [1.165, 1.54) is 6.33 Å². The minimum atomic E-state index is -0.480. The molecule has 2 unspecified atom stereocenters. The lowest BCUT2D eigenvalue weighted by molar-refractivity contribution is -0.141. The molecule has 2 amide bonds. The summed E-state index contributed by atoms with van der Waals surface area (Å²) in [4.78, 5) is 35.6. The number of benzene rings is 1. The van der Waals surface area contributed by atoms with Gasteiger partial charge in [-0.05, 0) is 42.7 Å². The molecule has 2 aliphatic rings. The first kappa shape index (κ1) is 19.6. The summed E-state index contributed by atoms with van der Waals surface area (Å²) >= 11 is 0. The molecule has 1 aromatic carbocycles. The van der Waals surface area contributed by atoms with E-state index in [9.17, 15) is 9.59 Å². The number of nitrogens with zero attached hydrogens (tertiary/aromatic N) is 3. The van der Waals surface area contributed by atoms with Crippen LogP contribution >= 0.6 is 0 Å². The van der Waals surface area contributed by atoms with Crippen molar-refractivity contribution in [2.24, 2.45) is 17.3 Å². The quantitative estimate of drug-likeness (QED) is 0.849. The van der Waals surface area contributed by atoms with E-state index >= 15 is 0 Å². The number of carbonyl (C=O) groups is 2. The summed E-state index contributed by atoms with van der Waals surface area (Å²) in [5, 5.41) is 2.87. The van der Waals surface area contributed by atoms with Gasteiger partial charge in [-0.25, -0.2) is 9.97 Å². The molecule has 2 fully saturated rings. The van der Waals surface area contributed by atoms with Gasteiger partial charge in [0.15, 0.2) is 0 Å². The van der Waals surface area contributed by atoms with Crippen LogP contribution in [-0.4, -0.2) is 46.8 Å². The zero-order chi connectivity index (χ0) is 20.4. The Bertz CT molecular complexity index is 891. The fourth-order valence-corrected chi connectivity index (χ4v) is 4.50. The van der Waals surface area contributed by atoms with Gasteiger partial charge in [-0.3, -0.25) is 9.59 Å². The number of piperidine rings is 1. The van der Waals surface area contributed by atoms with E-state index in [1.54, 1.807) is 19.4 Å². The van der Waals surface area contributed by atoms with Gasteiger partial charge in [0.25, 0.3) is 0 Å². The predicted molar refractivity (Wildman–Crippen MR) is 111 cm³/mol. The Morgan fingerprint density at radius 2 is 1.86 bits per heavy atom. The molecule has 1 aliphatic heterocycles. The number of rotatable bonds is 5. The predicted octanol–water partition coefficient (Wildman–Crippen LogP) is 2.70. The standard InChI is InChI=1S/C23H28N4O2/c1-16-10-20(16)21(28)27-8-6-23(7-9-27,22(29)24-2)12-17-4-3-5-18(11-17)19-13-25-15-26-14-19/h3-5,11,13-16,20H,6-10,12H2,1-2H3,(H,24,29). The monoisotopic (exact) mass is 392 g/mol. The van der Waals surface area contributed by atoms with Crippen LogP contribution in [0.15, 0.2) is 43.0 Å². The topological polar surface area (TPSA) is 75.2 Å². The summed E-state index contributed by atoms with van der Waals surface area (Å²) in [6.07, 6.45) is 8.16. The molecular formula is C23H28N4O2. The Labute approximate surface area is 171 Å². The van der Waals surface area contributed by atoms with E-state index in [2.05, 4.69) is 34.3 Å². The van der Waals surface area contributed by atoms with Gasteiger partial charge in [0.1, 0.15) is 6.33 Å². The van der Waals surface area contributed by atoms with Gasteiger partial charge < -0.3 is 10.2 Å². The molecule has 152 valence electrons. The van der Waals surface area contributed by atoms with Crippen molar-refractivity contribution < 1.29 is 9.59 Å². The van der Waals surface area contributed by atoms with E-state index < -0.39 is 5.41 Å². The molecule has 6 heteroatoms. The van der Waals surface area contributed by atoms with E-state index in [0.29, 0.717) is 38.3 Å². The molecule has 1 aromatic heterocycles. The molecule has 2 aromatic rings. The number of nitrogens with one attached hydrogen (secondary N) is 1. The van der Waals surface area contributed by atoms with Crippen LogP contribution in [-0.2, 0) is 16.0 Å². The summed E-state index contributed by atoms with van der Waals surface area (Å²) in [6.45, 7) is 3.44. The Morgan fingerprint density at radius 3 is 2.48 bits per heavy atom. The molecule has 4 rings (SSSR count). The normalized spacial score (nSPS) is 22.8. The maximum atomic E-state index is 12.9. The number of amides is 2. The van der Waals surface area contributed by atoms with Crippen molar-refractivity contribution in [2.45, 2.75) is 32.6 Å². The second kappa shape index (κ2) is 7.93. The van der Waals surface area contributed by atoms with Crippen molar-refractivity contribution in [1.29, 1.82) is 0 Å². The number of aromatic nitrogens is 2. The van der Waals surface area contributed by atoms with Gasteiger partial charge in [-0.2, -0.15) is 0 Å². The van der Waals surface area contributed by atoms with Gasteiger partial charge in [-0.15, -0.1) is 0 Å². The third kappa shape index (κ3) is 4.02. The maximum Gasteiger partial charge on any atom is 0.226 e. The second-order valence-corrected chi connectivity index (χ2v) is 8.51. The number of hydrogen-bond acceptors (Lipinski definition) is 4. The number of hydrogen-bond donors (Lipinski definition) is 1. The minimum absolute atomic E-state index is 0.0674. The van der Waals surface area contributed by atoms with Gasteiger partial charge in [0, 0.05) is 44.0 Å². The Hall–Kier alpha value is -2.76. The summed E-state index contributed by atoms with van der Waals surface area (Å²) < 4.78 is 0. The van der Waals surface area contributed by atoms with Crippen LogP contribution < -0.4 is 5.32 Å². The maximum absolute atomic E-state index is 12.9. The van der Waals surface area contributed by atoms with E-state index in [0.717, 1.165) is 23.1 Å². The fourth-order valence-electron chi connectivity index (χ4n) is 4.50. The molecule has 0 radical (unpaired) electrons. The van der Waals surface area contributed by atoms with Crippen molar-refractivity contribution in [2.75, 3.05) is 20.1 Å². The van der Waals surface area contributed by atoms with Crippen molar-refractivity contribution in [3.05, 3.63) is 48.5 Å². The first-order valence-electron chi connectivity index (χ1n) is 10.4. The summed E-state index contributed by atoms with van der Waals surface area (Å²) in [7, 11) is 1.70. The van der Waals surface area contributed by atoms with Crippen molar-refractivity contribution in [3.63, 3.8) is 0 Å². The third-order valence-electron chi connectivity index (χ3n) is 6.53. The fraction of sp³-hybridized carbons (Fsp3) is 0.478. The van der Waals surface area contributed by atoms with Crippen LogP contribution in [0, 0.1) is 17.3 Å². The average molecular weight is 393 g/mol. The third-order valence-corrected chi connectivity index (χ3v) is 6.53. The minimum Gasteiger partial charge on any atom is -0.359 e. The van der Waals surface area contributed by atoms with Crippen molar-refractivity contribution >= 4 is 11.8 Å². The Morgan fingerprint density at radius 1 is 1.17 bits per heavy atom. The van der Waals surface area contributed by atoms with Crippen LogP contribution in [0.1, 0.15) is 31.7 Å². The number of likely N-dealkylation sites (tertiary alicyclic amines) is 1. The largest absolute Gasteiger partial charge is 0.359 e. The molecule has 0 bridgehead atoms. The molecule has 29 heavy (non-hydrogen) atoms. The highest BCUT2D eigenvalue weighted by atomic mass is 16.2. The highest BCUT2D eigenvalue weighted by Crippen LogP contribution is 2.42. The molecule has 6 nitrogen and oxygen atoms in total. The van der Waals surface area contributed by atoms with Crippen molar-refractivity contribution in [1.82, 2.24) is 20.2 Å². The highest BCUT2D eigenvalue weighted by Gasteiger charge is 2.46. The molecule has 1 N–H and O–H groups in total. The molecular weight excluding hydrogens is 364 g/mol. The lowest BCUT2D eigenvalue weighted by Gasteiger charge is -2.40. The first-order chi connectivity index (χ1) is 14.0. The van der Waals surface area contributed by atoms with Gasteiger partial charge >= 0.3 is 0 Å². The molecule has 0 spiro atoms. The lowest BCUT2D eigenvalue weighted by atomic mass is 9.72. The van der Waals surface area contributed by atoms with Crippen LogP contribution in [0.2, 0.25) is 0 Å². The van der Waals surface area contributed by atoms with E-state index in [4.69, 9.17) is 0 Å². The van der Waals surface area contributed by atoms with Crippen LogP contribution in [0.25, 0.3) is 11.1 Å². The van der Waals surface area contributed by atoms with E-state index in [-0.39, 0.29) is 17.7 Å². The SMILES string of the molecule is CNC(=O)C1(Cc2cccc(-c3cncnc3)c2)CCN(C(=O)C2CC2C)CC1. The van der Waals surface area contributed by atoms with Gasteiger partial charge in [0.2, 0.25) is 11.8 Å². The van der Waals surface area contributed by atoms with Gasteiger partial charge in [-0.1, -0.05) is 31.2 Å². The molecule has 2 atom stereocenters. The van der Waals surface area contributed by atoms with Crippen LogP contribution in [0.3, 0.4) is 0 Å². The van der Waals surface area contributed by atoms with Crippen molar-refractivity contribution in [3.8, 4) is 11.1 Å². The Kier molecular flexibility index (Phi) is 5.35. The Balaban J connectivity index is 1.51. The average Bonchev–Trinajstić information content (AvgIpc) is 3.50. The summed E-state index contributed by atoms with van der Waals surface area (Å²) in [5.74, 6) is 1.05. The van der Waals surface area contributed by atoms with E-state index in [1.807, 2.05) is 17.0 Å². The molecule has 1 saturated heterocycles. The highest BCUT2D eigenvalue weighted by molar-refractivity contribution is 5.84.